The van der Waals surface area contributed by atoms with Crippen molar-refractivity contribution in [2.45, 2.75) is 26.3 Å². The third-order valence-corrected chi connectivity index (χ3v) is 1.93. The average molecular weight is 178 g/mol. The van der Waals surface area contributed by atoms with Gasteiger partial charge < -0.3 is 16.6 Å². The minimum absolute atomic E-state index is 0.166. The van der Waals surface area contributed by atoms with Crippen molar-refractivity contribution in [1.82, 2.24) is 0 Å². The van der Waals surface area contributed by atoms with Gasteiger partial charge in [-0.15, -0.1) is 0 Å². The molecule has 70 valence electrons. The van der Waals surface area contributed by atoms with Gasteiger partial charge in [-0.2, -0.15) is 0 Å². The van der Waals surface area contributed by atoms with Crippen molar-refractivity contribution in [3.05, 3.63) is 11.8 Å². The van der Waals surface area contributed by atoms with Crippen molar-refractivity contribution in [2.75, 3.05) is 0 Å². The van der Waals surface area contributed by atoms with Crippen LogP contribution in [0.4, 0.5) is 0 Å². The summed E-state index contributed by atoms with van der Waals surface area (Å²) in [5, 5.41) is 14.9. The quantitative estimate of drug-likeness (QED) is 0.544. The Balaban J connectivity index is 2.94. The topological polar surface area (TPSA) is 86.1 Å². The van der Waals surface area contributed by atoms with Crippen molar-refractivity contribution in [3.63, 3.8) is 0 Å². The smallest absolute Gasteiger partial charge is 0.0932 e. The van der Waals surface area contributed by atoms with Crippen molar-refractivity contribution < 1.29 is 0 Å². The molecular weight excluding hydrogens is 164 g/mol. The Morgan fingerprint density at radius 2 is 2.15 bits per heavy atom. The predicted octanol–water partition coefficient (Wildman–Crippen LogP) is 1.12. The van der Waals surface area contributed by atoms with Gasteiger partial charge in [0.1, 0.15) is 0 Å². The summed E-state index contributed by atoms with van der Waals surface area (Å²) in [7, 11) is 0. The Morgan fingerprint density at radius 1 is 1.54 bits per heavy atom. The Labute approximate surface area is 77.6 Å². The molecule has 1 unspecified atom stereocenters. The number of nitrogens with one attached hydrogen (secondary N) is 2. The molecule has 0 fully saturated rings. The lowest BCUT2D eigenvalue weighted by molar-refractivity contribution is 0.813. The standard InChI is InChI=1S/C9H14N4/c1-5(10)8-3-7(12)4-9(13-8)6(2)11/h3,9-11H,4,12H2,1-2H3. The van der Waals surface area contributed by atoms with Gasteiger partial charge >= 0.3 is 0 Å². The van der Waals surface area contributed by atoms with Crippen molar-refractivity contribution in [3.8, 4) is 0 Å². The molecule has 0 aliphatic carbocycles. The molecule has 4 N–H and O–H groups in total. The first-order valence-corrected chi connectivity index (χ1v) is 4.15. The summed E-state index contributed by atoms with van der Waals surface area (Å²) < 4.78 is 0. The highest BCUT2D eigenvalue weighted by Crippen LogP contribution is 2.12. The highest BCUT2D eigenvalue weighted by molar-refractivity contribution is 6.45. The number of nitrogens with two attached hydrogens (primary N) is 1. The van der Waals surface area contributed by atoms with Gasteiger partial charge in [0.05, 0.1) is 17.5 Å². The number of nitrogens with zero attached hydrogens (tertiary/aromatic N) is 1. The summed E-state index contributed by atoms with van der Waals surface area (Å²) in [5.41, 5.74) is 7.87. The number of dihydropyridines is 1. The highest BCUT2D eigenvalue weighted by atomic mass is 14.9. The fraction of sp³-hybridized carbons (Fsp3) is 0.444. The lowest BCUT2D eigenvalue weighted by Crippen LogP contribution is -2.26. The van der Waals surface area contributed by atoms with E-state index in [1.807, 2.05) is 0 Å². The van der Waals surface area contributed by atoms with E-state index in [0.717, 1.165) is 0 Å². The molecule has 1 heterocycles. The maximum atomic E-state index is 7.45. The Hall–Kier alpha value is -1.45. The summed E-state index contributed by atoms with van der Waals surface area (Å²) in [6, 6.07) is -0.166. The fourth-order valence-electron chi connectivity index (χ4n) is 1.16. The van der Waals surface area contributed by atoms with Crippen LogP contribution in [0.25, 0.3) is 0 Å². The van der Waals surface area contributed by atoms with Crippen LogP contribution in [0.3, 0.4) is 0 Å². The molecule has 13 heavy (non-hydrogen) atoms. The van der Waals surface area contributed by atoms with E-state index in [1.165, 1.54) is 0 Å². The molecule has 1 aliphatic heterocycles. The van der Waals surface area contributed by atoms with E-state index in [2.05, 4.69) is 4.99 Å². The van der Waals surface area contributed by atoms with Crippen LogP contribution in [0.5, 0.6) is 0 Å². The van der Waals surface area contributed by atoms with Gasteiger partial charge in [0.25, 0.3) is 0 Å². The van der Waals surface area contributed by atoms with Crippen LogP contribution in [-0.4, -0.2) is 23.2 Å². The highest BCUT2D eigenvalue weighted by Gasteiger charge is 2.17. The molecule has 0 aromatic heterocycles. The maximum absolute atomic E-state index is 7.45. The van der Waals surface area contributed by atoms with Crippen LogP contribution >= 0.6 is 0 Å². The van der Waals surface area contributed by atoms with Crippen LogP contribution in [0, 0.1) is 10.8 Å². The SMILES string of the molecule is CC(=N)C1=NC(C(C)=N)CC(N)=C1. The zero-order valence-electron chi connectivity index (χ0n) is 7.89. The Morgan fingerprint density at radius 3 is 2.62 bits per heavy atom. The number of hydrogen-bond donors (Lipinski definition) is 3. The lowest BCUT2D eigenvalue weighted by Gasteiger charge is -2.17. The Bertz CT molecular complexity index is 312. The van der Waals surface area contributed by atoms with Crippen molar-refractivity contribution in [1.29, 1.82) is 10.8 Å². The zero-order chi connectivity index (χ0) is 10.0. The van der Waals surface area contributed by atoms with Gasteiger partial charge in [0, 0.05) is 17.8 Å². The molecule has 0 amide bonds. The molecule has 0 bridgehead atoms. The molecule has 1 atom stereocenters. The van der Waals surface area contributed by atoms with E-state index in [1.54, 1.807) is 19.9 Å². The van der Waals surface area contributed by atoms with Crippen molar-refractivity contribution >= 4 is 17.1 Å². The van der Waals surface area contributed by atoms with Crippen LogP contribution in [0.2, 0.25) is 0 Å². The third-order valence-electron chi connectivity index (χ3n) is 1.93. The molecule has 0 radical (unpaired) electrons. The van der Waals surface area contributed by atoms with Gasteiger partial charge in [-0.05, 0) is 19.9 Å². The second kappa shape index (κ2) is 3.51. The average Bonchev–Trinajstić information content (AvgIpc) is 2.03. The lowest BCUT2D eigenvalue weighted by atomic mass is 10.0. The molecular formula is C9H14N4. The fourth-order valence-corrected chi connectivity index (χ4v) is 1.16. The van der Waals surface area contributed by atoms with Crippen LogP contribution in [0.15, 0.2) is 16.8 Å². The van der Waals surface area contributed by atoms with E-state index in [-0.39, 0.29) is 6.04 Å². The molecule has 0 saturated carbocycles. The van der Waals surface area contributed by atoms with E-state index in [4.69, 9.17) is 16.6 Å². The summed E-state index contributed by atoms with van der Waals surface area (Å²) in [4.78, 5) is 4.24. The third kappa shape index (κ3) is 2.24. The van der Waals surface area contributed by atoms with Gasteiger partial charge in [-0.1, -0.05) is 0 Å². The molecule has 4 heteroatoms. The molecule has 0 aromatic carbocycles. The zero-order valence-corrected chi connectivity index (χ0v) is 7.89. The molecule has 1 aliphatic rings. The van der Waals surface area contributed by atoms with Crippen molar-refractivity contribution in [2.24, 2.45) is 10.7 Å². The molecule has 0 spiro atoms. The van der Waals surface area contributed by atoms with Gasteiger partial charge in [0.15, 0.2) is 0 Å². The molecule has 0 aromatic rings. The van der Waals surface area contributed by atoms with Crippen LogP contribution in [-0.2, 0) is 0 Å². The molecule has 0 saturated heterocycles. The number of aliphatic imine (C=N–C) groups is 1. The summed E-state index contributed by atoms with van der Waals surface area (Å²) in [5.74, 6) is 0. The van der Waals surface area contributed by atoms with E-state index >= 15 is 0 Å². The minimum atomic E-state index is -0.166. The summed E-state index contributed by atoms with van der Waals surface area (Å²) >= 11 is 0. The summed E-state index contributed by atoms with van der Waals surface area (Å²) in [6.07, 6.45) is 2.31. The number of allylic oxidation sites excluding steroid dienone is 1. The molecule has 1 rings (SSSR count). The second-order valence-electron chi connectivity index (χ2n) is 3.26. The van der Waals surface area contributed by atoms with E-state index < -0.39 is 0 Å². The first kappa shape index (κ1) is 9.64. The largest absolute Gasteiger partial charge is 0.402 e. The predicted molar refractivity (Wildman–Crippen MR) is 54.9 cm³/mol. The molecule has 4 nitrogen and oxygen atoms in total. The number of rotatable bonds is 2. The first-order valence-electron chi connectivity index (χ1n) is 4.15. The normalized spacial score (nSPS) is 21.8. The summed E-state index contributed by atoms with van der Waals surface area (Å²) in [6.45, 7) is 3.38. The maximum Gasteiger partial charge on any atom is 0.0932 e. The van der Waals surface area contributed by atoms with E-state index in [9.17, 15) is 0 Å². The van der Waals surface area contributed by atoms with Crippen LogP contribution < -0.4 is 5.73 Å². The van der Waals surface area contributed by atoms with Gasteiger partial charge in [0.2, 0.25) is 0 Å². The van der Waals surface area contributed by atoms with E-state index in [0.29, 0.717) is 29.3 Å². The van der Waals surface area contributed by atoms with Gasteiger partial charge in [-0.3, -0.25) is 4.99 Å². The van der Waals surface area contributed by atoms with Crippen LogP contribution in [0.1, 0.15) is 20.3 Å². The monoisotopic (exact) mass is 178 g/mol. The van der Waals surface area contributed by atoms with Gasteiger partial charge in [-0.25, -0.2) is 0 Å². The minimum Gasteiger partial charge on any atom is -0.402 e. The second-order valence-corrected chi connectivity index (χ2v) is 3.26. The first-order chi connectivity index (χ1) is 6.00. The Kier molecular flexibility index (Phi) is 2.60. The number of hydrogen-bond acceptors (Lipinski definition) is 4.